The number of amides is 1. The topological polar surface area (TPSA) is 55.2 Å². The van der Waals surface area contributed by atoms with Gasteiger partial charge in [0.2, 0.25) is 5.91 Å². The third-order valence-electron chi connectivity index (χ3n) is 5.46. The molecule has 1 aliphatic heterocycles. The summed E-state index contributed by atoms with van der Waals surface area (Å²) >= 11 is 0. The molecule has 0 spiro atoms. The van der Waals surface area contributed by atoms with Crippen molar-refractivity contribution in [3.8, 4) is 0 Å². The van der Waals surface area contributed by atoms with Crippen LogP contribution in [0.2, 0.25) is 0 Å². The number of piperidine rings is 1. The van der Waals surface area contributed by atoms with Crippen LogP contribution in [0.4, 0.5) is 13.2 Å². The molecule has 0 N–H and O–H groups in total. The minimum atomic E-state index is -4.33. The summed E-state index contributed by atoms with van der Waals surface area (Å²) in [4.78, 5) is 25.6. The number of likely N-dealkylation sites (tertiary alicyclic amines) is 1. The summed E-state index contributed by atoms with van der Waals surface area (Å²) in [7, 11) is 1.54. The molecule has 2 aromatic rings. The number of halogens is 3. The minimum Gasteiger partial charge on any atom is -0.342 e. The zero-order chi connectivity index (χ0) is 21.0. The quantitative estimate of drug-likeness (QED) is 0.765. The van der Waals surface area contributed by atoms with Crippen LogP contribution in [0.25, 0.3) is 0 Å². The van der Waals surface area contributed by atoms with Gasteiger partial charge in [-0.15, -0.1) is 0 Å². The van der Waals surface area contributed by atoms with Crippen molar-refractivity contribution < 1.29 is 18.0 Å². The summed E-state index contributed by atoms with van der Waals surface area (Å²) in [6, 6.07) is 8.67. The van der Waals surface area contributed by atoms with E-state index in [9.17, 15) is 22.8 Å². The van der Waals surface area contributed by atoms with E-state index in [-0.39, 0.29) is 17.9 Å². The third-order valence-corrected chi connectivity index (χ3v) is 5.46. The number of hydrogen-bond donors (Lipinski definition) is 0. The lowest BCUT2D eigenvalue weighted by Crippen LogP contribution is -2.39. The third kappa shape index (κ3) is 5.46. The van der Waals surface area contributed by atoms with Crippen molar-refractivity contribution in [1.29, 1.82) is 0 Å². The highest BCUT2D eigenvalue weighted by Gasteiger charge is 2.33. The molecule has 3 rings (SSSR count). The van der Waals surface area contributed by atoms with Crippen molar-refractivity contribution in [1.82, 2.24) is 14.7 Å². The summed E-state index contributed by atoms with van der Waals surface area (Å²) < 4.78 is 40.5. The molecule has 2 heterocycles. The van der Waals surface area contributed by atoms with Crippen LogP contribution >= 0.6 is 0 Å². The summed E-state index contributed by atoms with van der Waals surface area (Å²) in [5.74, 6) is 0.257. The smallest absolute Gasteiger partial charge is 0.342 e. The van der Waals surface area contributed by atoms with E-state index in [0.29, 0.717) is 43.1 Å². The van der Waals surface area contributed by atoms with Crippen LogP contribution in [0.3, 0.4) is 0 Å². The monoisotopic (exact) mass is 407 g/mol. The Kier molecular flexibility index (Phi) is 6.39. The van der Waals surface area contributed by atoms with Gasteiger partial charge in [-0.3, -0.25) is 9.59 Å². The molecule has 0 aliphatic carbocycles. The van der Waals surface area contributed by atoms with Crippen molar-refractivity contribution in [2.75, 3.05) is 13.1 Å². The molecule has 156 valence electrons. The first kappa shape index (κ1) is 21.1. The van der Waals surface area contributed by atoms with Crippen molar-refractivity contribution in [2.24, 2.45) is 13.0 Å². The van der Waals surface area contributed by atoms with Gasteiger partial charge in [-0.05, 0) is 49.3 Å². The van der Waals surface area contributed by atoms with Gasteiger partial charge >= 0.3 is 6.18 Å². The number of benzene rings is 1. The SMILES string of the molecule is Cn1nc(CC(=O)N2CCC(CCc3ccccc3C(F)(F)F)CC2)ccc1=O. The number of carbonyl (C=O) groups excluding carboxylic acids is 1. The molecule has 1 amide bonds. The van der Waals surface area contributed by atoms with Crippen LogP contribution < -0.4 is 5.56 Å². The maximum atomic E-state index is 13.1. The van der Waals surface area contributed by atoms with E-state index in [0.717, 1.165) is 18.9 Å². The molecule has 0 saturated carbocycles. The fraction of sp³-hybridized carbons (Fsp3) is 0.476. The minimum absolute atomic E-state index is 0.0444. The summed E-state index contributed by atoms with van der Waals surface area (Å²) in [5, 5.41) is 4.08. The number of carbonyl (C=O) groups is 1. The van der Waals surface area contributed by atoms with E-state index in [4.69, 9.17) is 0 Å². The number of aromatic nitrogens is 2. The maximum absolute atomic E-state index is 13.1. The standard InChI is InChI=1S/C21H24F3N3O2/c1-26-19(28)9-8-17(25-26)14-20(29)27-12-10-15(11-13-27)6-7-16-4-2-3-5-18(16)21(22,23)24/h2-5,8-9,15H,6-7,10-14H2,1H3. The van der Waals surface area contributed by atoms with Crippen LogP contribution in [0.15, 0.2) is 41.2 Å². The van der Waals surface area contributed by atoms with Gasteiger partial charge in [0.1, 0.15) is 0 Å². The van der Waals surface area contributed by atoms with Gasteiger partial charge in [-0.1, -0.05) is 18.2 Å². The van der Waals surface area contributed by atoms with E-state index in [1.54, 1.807) is 30.1 Å². The molecule has 1 aromatic carbocycles. The van der Waals surface area contributed by atoms with Gasteiger partial charge < -0.3 is 4.90 Å². The van der Waals surface area contributed by atoms with Crippen LogP contribution in [0.5, 0.6) is 0 Å². The van der Waals surface area contributed by atoms with Gasteiger partial charge in [0.15, 0.2) is 0 Å². The van der Waals surface area contributed by atoms with Gasteiger partial charge in [-0.25, -0.2) is 4.68 Å². The Hall–Kier alpha value is -2.64. The molecule has 0 bridgehead atoms. The maximum Gasteiger partial charge on any atom is 0.416 e. The average Bonchev–Trinajstić information content (AvgIpc) is 2.69. The molecule has 0 atom stereocenters. The zero-order valence-corrected chi connectivity index (χ0v) is 16.3. The van der Waals surface area contributed by atoms with E-state index >= 15 is 0 Å². The first-order valence-electron chi connectivity index (χ1n) is 9.70. The lowest BCUT2D eigenvalue weighted by molar-refractivity contribution is -0.138. The highest BCUT2D eigenvalue weighted by atomic mass is 19.4. The number of nitrogens with zero attached hydrogens (tertiary/aromatic N) is 3. The number of rotatable bonds is 5. The van der Waals surface area contributed by atoms with Gasteiger partial charge in [0, 0.05) is 26.2 Å². The number of aryl methyl sites for hydroxylation is 2. The Morgan fingerprint density at radius 3 is 2.48 bits per heavy atom. The van der Waals surface area contributed by atoms with E-state index in [1.807, 2.05) is 0 Å². The second-order valence-corrected chi connectivity index (χ2v) is 7.48. The Bertz CT molecular complexity index is 916. The van der Waals surface area contributed by atoms with E-state index < -0.39 is 11.7 Å². The fourth-order valence-corrected chi connectivity index (χ4v) is 3.76. The summed E-state index contributed by atoms with van der Waals surface area (Å²) in [6.07, 6.45) is -1.58. The lowest BCUT2D eigenvalue weighted by atomic mass is 9.89. The summed E-state index contributed by atoms with van der Waals surface area (Å²) in [6.45, 7) is 1.19. The van der Waals surface area contributed by atoms with Crippen LogP contribution in [0, 0.1) is 5.92 Å². The van der Waals surface area contributed by atoms with E-state index in [1.165, 1.54) is 16.8 Å². The molecule has 29 heavy (non-hydrogen) atoms. The molecule has 1 aliphatic rings. The van der Waals surface area contributed by atoms with Gasteiger partial charge in [0.25, 0.3) is 5.56 Å². The summed E-state index contributed by atoms with van der Waals surface area (Å²) in [5.41, 5.74) is 0.0914. The molecule has 1 fully saturated rings. The Morgan fingerprint density at radius 2 is 1.83 bits per heavy atom. The van der Waals surface area contributed by atoms with Crippen LogP contribution in [-0.4, -0.2) is 33.7 Å². The first-order valence-corrected chi connectivity index (χ1v) is 9.70. The predicted molar refractivity (Wildman–Crippen MR) is 102 cm³/mol. The number of alkyl halides is 3. The second kappa shape index (κ2) is 8.80. The average molecular weight is 407 g/mol. The molecule has 1 aromatic heterocycles. The number of hydrogen-bond acceptors (Lipinski definition) is 3. The molecule has 0 unspecified atom stereocenters. The fourth-order valence-electron chi connectivity index (χ4n) is 3.76. The van der Waals surface area contributed by atoms with E-state index in [2.05, 4.69) is 5.10 Å². The molecule has 0 radical (unpaired) electrons. The highest BCUT2D eigenvalue weighted by molar-refractivity contribution is 5.78. The normalized spacial score (nSPS) is 15.5. The molecule has 5 nitrogen and oxygen atoms in total. The Morgan fingerprint density at radius 1 is 1.14 bits per heavy atom. The van der Waals surface area contributed by atoms with Gasteiger partial charge in [0.05, 0.1) is 17.7 Å². The van der Waals surface area contributed by atoms with Crippen molar-refractivity contribution in [3.63, 3.8) is 0 Å². The Labute approximate surface area is 167 Å². The molecular weight excluding hydrogens is 383 g/mol. The molecule has 1 saturated heterocycles. The van der Waals surface area contributed by atoms with Crippen molar-refractivity contribution in [2.45, 2.75) is 38.3 Å². The predicted octanol–water partition coefficient (Wildman–Crippen LogP) is 3.21. The lowest BCUT2D eigenvalue weighted by Gasteiger charge is -2.32. The van der Waals surface area contributed by atoms with Crippen LogP contribution in [-0.2, 0) is 30.9 Å². The van der Waals surface area contributed by atoms with Crippen molar-refractivity contribution in [3.05, 3.63) is 63.6 Å². The zero-order valence-electron chi connectivity index (χ0n) is 16.3. The van der Waals surface area contributed by atoms with Crippen LogP contribution in [0.1, 0.15) is 36.1 Å². The molecular formula is C21H24F3N3O2. The van der Waals surface area contributed by atoms with Gasteiger partial charge in [-0.2, -0.15) is 18.3 Å². The second-order valence-electron chi connectivity index (χ2n) is 7.48. The highest BCUT2D eigenvalue weighted by Crippen LogP contribution is 2.33. The first-order chi connectivity index (χ1) is 13.7. The molecule has 8 heteroatoms. The largest absolute Gasteiger partial charge is 0.416 e. The van der Waals surface area contributed by atoms with Crippen molar-refractivity contribution >= 4 is 5.91 Å². The Balaban J connectivity index is 1.50.